The number of hydrogen-bond acceptors (Lipinski definition) is 2. The van der Waals surface area contributed by atoms with E-state index in [0.29, 0.717) is 6.61 Å². The molecular formula is C19H21ClN2O. The lowest BCUT2D eigenvalue weighted by molar-refractivity contribution is -0.0400. The molecule has 0 bridgehead atoms. The monoisotopic (exact) mass is 328 g/mol. The van der Waals surface area contributed by atoms with Crippen LogP contribution in [0, 0.1) is 0 Å². The van der Waals surface area contributed by atoms with Crippen LogP contribution in [0.15, 0.2) is 54.7 Å². The predicted octanol–water partition coefficient (Wildman–Crippen LogP) is 4.87. The molecule has 0 saturated carbocycles. The molecule has 0 unspecified atom stereocenters. The van der Waals surface area contributed by atoms with Gasteiger partial charge in [-0.2, -0.15) is 0 Å². The van der Waals surface area contributed by atoms with Crippen LogP contribution in [0.25, 0.3) is 10.9 Å². The Morgan fingerprint density at radius 2 is 1.83 bits per heavy atom. The Morgan fingerprint density at radius 1 is 1.09 bits per heavy atom. The summed E-state index contributed by atoms with van der Waals surface area (Å²) >= 11 is 6.05. The molecule has 23 heavy (non-hydrogen) atoms. The number of benzene rings is 2. The van der Waals surface area contributed by atoms with Crippen molar-refractivity contribution in [2.75, 3.05) is 5.73 Å². The number of nitrogens with zero attached hydrogens (tertiary/aromatic N) is 1. The first-order chi connectivity index (χ1) is 10.9. The highest BCUT2D eigenvalue weighted by atomic mass is 35.5. The van der Waals surface area contributed by atoms with Gasteiger partial charge in [0.25, 0.3) is 0 Å². The van der Waals surface area contributed by atoms with Crippen LogP contribution in [0.1, 0.15) is 19.4 Å². The fraction of sp³-hybridized carbons (Fsp3) is 0.263. The fourth-order valence-corrected chi connectivity index (χ4v) is 2.84. The lowest BCUT2D eigenvalue weighted by Crippen LogP contribution is -2.30. The summed E-state index contributed by atoms with van der Waals surface area (Å²) in [4.78, 5) is 0. The van der Waals surface area contributed by atoms with Crippen LogP contribution >= 0.6 is 11.6 Å². The van der Waals surface area contributed by atoms with Gasteiger partial charge in [0.15, 0.2) is 0 Å². The van der Waals surface area contributed by atoms with E-state index in [1.165, 1.54) is 5.52 Å². The minimum atomic E-state index is -0.285. The van der Waals surface area contributed by atoms with Crippen LogP contribution in [0.4, 0.5) is 5.69 Å². The average Bonchev–Trinajstić information content (AvgIpc) is 2.88. The van der Waals surface area contributed by atoms with Crippen molar-refractivity contribution in [1.82, 2.24) is 4.57 Å². The van der Waals surface area contributed by atoms with Gasteiger partial charge in [-0.3, -0.25) is 0 Å². The van der Waals surface area contributed by atoms with E-state index in [4.69, 9.17) is 22.1 Å². The maximum atomic E-state index is 6.11. The Kier molecular flexibility index (Phi) is 4.33. The Morgan fingerprint density at radius 3 is 2.57 bits per heavy atom. The number of fused-ring (bicyclic) bond motifs is 1. The second-order valence-electron chi connectivity index (χ2n) is 6.44. The van der Waals surface area contributed by atoms with Gasteiger partial charge < -0.3 is 15.0 Å². The highest BCUT2D eigenvalue weighted by Crippen LogP contribution is 2.24. The molecule has 0 aliphatic heterocycles. The average molecular weight is 329 g/mol. The molecule has 1 heterocycles. The number of ether oxygens (including phenoxy) is 1. The van der Waals surface area contributed by atoms with Crippen LogP contribution in [0.2, 0.25) is 5.02 Å². The summed E-state index contributed by atoms with van der Waals surface area (Å²) in [5.41, 5.74) is 8.48. The standard InChI is InChI=1S/C19H21ClN2O/c1-19(2,23-12-14-3-6-17(21)7-4-14)13-22-10-9-15-11-16(20)5-8-18(15)22/h3-11H,12-13,21H2,1-2H3. The van der Waals surface area contributed by atoms with Crippen molar-refractivity contribution in [3.8, 4) is 0 Å². The molecule has 3 nitrogen and oxygen atoms in total. The van der Waals surface area contributed by atoms with Crippen molar-refractivity contribution >= 4 is 28.2 Å². The number of anilines is 1. The van der Waals surface area contributed by atoms with E-state index in [-0.39, 0.29) is 5.60 Å². The summed E-state index contributed by atoms with van der Waals surface area (Å²) in [5, 5.41) is 1.90. The molecule has 0 aliphatic rings. The van der Waals surface area contributed by atoms with Crippen molar-refractivity contribution in [1.29, 1.82) is 0 Å². The molecule has 0 fully saturated rings. The molecule has 0 saturated heterocycles. The van der Waals surface area contributed by atoms with Gasteiger partial charge in [0, 0.05) is 27.8 Å². The van der Waals surface area contributed by atoms with Gasteiger partial charge in [-0.15, -0.1) is 0 Å². The van der Waals surface area contributed by atoms with Crippen LogP contribution in [-0.2, 0) is 17.9 Å². The van der Waals surface area contributed by atoms with Gasteiger partial charge in [0.1, 0.15) is 0 Å². The third-order valence-corrected chi connectivity index (χ3v) is 4.13. The first-order valence-electron chi connectivity index (χ1n) is 7.66. The van der Waals surface area contributed by atoms with Gasteiger partial charge >= 0.3 is 0 Å². The largest absolute Gasteiger partial charge is 0.399 e. The number of halogens is 1. The normalized spacial score (nSPS) is 12.0. The summed E-state index contributed by atoms with van der Waals surface area (Å²) in [6.45, 7) is 5.55. The molecule has 0 amide bonds. The summed E-state index contributed by atoms with van der Waals surface area (Å²) in [6, 6.07) is 15.8. The summed E-state index contributed by atoms with van der Waals surface area (Å²) in [7, 11) is 0. The maximum Gasteiger partial charge on any atom is 0.0809 e. The molecule has 1 aromatic heterocycles. The molecule has 0 atom stereocenters. The molecule has 3 rings (SSSR count). The second kappa shape index (κ2) is 6.26. The summed E-state index contributed by atoms with van der Waals surface area (Å²) in [6.07, 6.45) is 2.08. The van der Waals surface area contributed by atoms with Gasteiger partial charge in [-0.25, -0.2) is 0 Å². The molecule has 2 N–H and O–H groups in total. The molecule has 4 heteroatoms. The molecule has 0 aliphatic carbocycles. The summed E-state index contributed by atoms with van der Waals surface area (Å²) in [5.74, 6) is 0. The van der Waals surface area contributed by atoms with E-state index >= 15 is 0 Å². The van der Waals surface area contributed by atoms with Crippen molar-refractivity contribution < 1.29 is 4.74 Å². The minimum absolute atomic E-state index is 0.285. The van der Waals surface area contributed by atoms with Crippen molar-refractivity contribution in [2.24, 2.45) is 0 Å². The van der Waals surface area contributed by atoms with Crippen LogP contribution in [0.3, 0.4) is 0 Å². The van der Waals surface area contributed by atoms with E-state index in [9.17, 15) is 0 Å². The second-order valence-corrected chi connectivity index (χ2v) is 6.87. The first-order valence-corrected chi connectivity index (χ1v) is 8.03. The lowest BCUT2D eigenvalue weighted by atomic mass is 10.1. The van der Waals surface area contributed by atoms with Gasteiger partial charge in [-0.05, 0) is 55.8 Å². The Hall–Kier alpha value is -1.97. The van der Waals surface area contributed by atoms with Crippen LogP contribution in [-0.4, -0.2) is 10.2 Å². The number of hydrogen-bond donors (Lipinski definition) is 1. The van der Waals surface area contributed by atoms with E-state index < -0.39 is 0 Å². The van der Waals surface area contributed by atoms with Gasteiger partial charge in [0.2, 0.25) is 0 Å². The molecular weight excluding hydrogens is 308 g/mol. The number of aromatic nitrogens is 1. The molecule has 0 spiro atoms. The summed E-state index contributed by atoms with van der Waals surface area (Å²) < 4.78 is 8.32. The SMILES string of the molecule is CC(C)(Cn1ccc2cc(Cl)ccc21)OCc1ccc(N)cc1. The van der Waals surface area contributed by atoms with E-state index in [1.807, 2.05) is 42.5 Å². The number of nitrogens with two attached hydrogens (primary N) is 1. The molecule has 120 valence electrons. The number of nitrogen functional groups attached to an aromatic ring is 1. The third kappa shape index (κ3) is 3.87. The van der Waals surface area contributed by atoms with E-state index in [1.54, 1.807) is 0 Å². The molecule has 3 aromatic rings. The predicted molar refractivity (Wildman–Crippen MR) is 96.7 cm³/mol. The fourth-order valence-electron chi connectivity index (χ4n) is 2.66. The zero-order valence-corrected chi connectivity index (χ0v) is 14.2. The minimum Gasteiger partial charge on any atom is -0.399 e. The Bertz CT molecular complexity index is 806. The zero-order valence-electron chi connectivity index (χ0n) is 13.4. The van der Waals surface area contributed by atoms with E-state index in [2.05, 4.69) is 30.7 Å². The maximum absolute atomic E-state index is 6.11. The Labute approximate surface area is 141 Å². The van der Waals surface area contributed by atoms with E-state index in [0.717, 1.165) is 28.2 Å². The van der Waals surface area contributed by atoms with Gasteiger partial charge in [0.05, 0.1) is 18.8 Å². The van der Waals surface area contributed by atoms with Crippen molar-refractivity contribution in [3.05, 3.63) is 65.3 Å². The highest BCUT2D eigenvalue weighted by molar-refractivity contribution is 6.31. The van der Waals surface area contributed by atoms with Crippen molar-refractivity contribution in [2.45, 2.75) is 32.6 Å². The Balaban J connectivity index is 1.70. The molecule has 2 aromatic carbocycles. The van der Waals surface area contributed by atoms with Gasteiger partial charge in [-0.1, -0.05) is 23.7 Å². The lowest BCUT2D eigenvalue weighted by Gasteiger charge is -2.26. The number of rotatable bonds is 5. The smallest absolute Gasteiger partial charge is 0.0809 e. The third-order valence-electron chi connectivity index (χ3n) is 3.89. The van der Waals surface area contributed by atoms with Crippen LogP contribution in [0.5, 0.6) is 0 Å². The quantitative estimate of drug-likeness (QED) is 0.678. The molecule has 0 radical (unpaired) electrons. The highest BCUT2D eigenvalue weighted by Gasteiger charge is 2.20. The van der Waals surface area contributed by atoms with Crippen LogP contribution < -0.4 is 5.73 Å². The topological polar surface area (TPSA) is 40.2 Å². The van der Waals surface area contributed by atoms with Crippen molar-refractivity contribution in [3.63, 3.8) is 0 Å². The zero-order chi connectivity index (χ0) is 16.4. The first kappa shape index (κ1) is 15.9.